The Morgan fingerprint density at radius 3 is 2.91 bits per heavy atom. The molecule has 1 unspecified atom stereocenters. The second kappa shape index (κ2) is 7.64. The number of hydrogen-bond acceptors (Lipinski definition) is 3. The number of carbonyl (C=O) groups excluding carboxylic acids is 1. The SMILES string of the molecule is CCCc1cc(C(=O)NC(C)c2cccc(OCC)c2)n[nH]1. The molecule has 0 fully saturated rings. The van der Waals surface area contributed by atoms with E-state index in [0.29, 0.717) is 12.3 Å². The van der Waals surface area contributed by atoms with Crippen molar-refractivity contribution in [2.75, 3.05) is 6.61 Å². The Morgan fingerprint density at radius 2 is 2.18 bits per heavy atom. The van der Waals surface area contributed by atoms with Gasteiger partial charge in [0.25, 0.3) is 5.91 Å². The molecule has 0 aliphatic heterocycles. The lowest BCUT2D eigenvalue weighted by molar-refractivity contribution is 0.0934. The maximum Gasteiger partial charge on any atom is 0.272 e. The van der Waals surface area contributed by atoms with Gasteiger partial charge in [0.1, 0.15) is 11.4 Å². The summed E-state index contributed by atoms with van der Waals surface area (Å²) in [5.74, 6) is 0.638. The predicted octanol–water partition coefficient (Wildman–Crippen LogP) is 3.25. The molecule has 5 nitrogen and oxygen atoms in total. The van der Waals surface area contributed by atoms with Gasteiger partial charge in [0.05, 0.1) is 12.6 Å². The predicted molar refractivity (Wildman–Crippen MR) is 86.1 cm³/mol. The second-order valence-electron chi connectivity index (χ2n) is 5.23. The molecule has 22 heavy (non-hydrogen) atoms. The van der Waals surface area contributed by atoms with Crippen LogP contribution in [0.5, 0.6) is 5.75 Å². The van der Waals surface area contributed by atoms with Gasteiger partial charge in [-0.25, -0.2) is 0 Å². The van der Waals surface area contributed by atoms with Crippen LogP contribution in [0.25, 0.3) is 0 Å². The van der Waals surface area contributed by atoms with E-state index in [-0.39, 0.29) is 11.9 Å². The van der Waals surface area contributed by atoms with Gasteiger partial charge < -0.3 is 10.1 Å². The van der Waals surface area contributed by atoms with Gasteiger partial charge in [0.2, 0.25) is 0 Å². The summed E-state index contributed by atoms with van der Waals surface area (Å²) in [6.45, 7) is 6.61. The third kappa shape index (κ3) is 4.10. The van der Waals surface area contributed by atoms with Crippen LogP contribution in [0.2, 0.25) is 0 Å². The number of H-pyrrole nitrogens is 1. The minimum atomic E-state index is -0.173. The van der Waals surface area contributed by atoms with E-state index in [2.05, 4.69) is 22.4 Å². The lowest BCUT2D eigenvalue weighted by Gasteiger charge is -2.14. The largest absolute Gasteiger partial charge is 0.494 e. The zero-order valence-electron chi connectivity index (χ0n) is 13.3. The number of ether oxygens (including phenoxy) is 1. The summed E-state index contributed by atoms with van der Waals surface area (Å²) in [5.41, 5.74) is 2.42. The number of carbonyl (C=O) groups is 1. The molecule has 0 radical (unpaired) electrons. The van der Waals surface area contributed by atoms with E-state index in [1.165, 1.54) is 0 Å². The summed E-state index contributed by atoms with van der Waals surface area (Å²) in [7, 11) is 0. The zero-order valence-corrected chi connectivity index (χ0v) is 13.3. The Balaban J connectivity index is 2.02. The topological polar surface area (TPSA) is 67.0 Å². The summed E-state index contributed by atoms with van der Waals surface area (Å²) in [5, 5.41) is 9.92. The van der Waals surface area contributed by atoms with E-state index in [1.54, 1.807) is 0 Å². The molecule has 0 saturated carbocycles. The Bertz CT molecular complexity index is 622. The van der Waals surface area contributed by atoms with Crippen molar-refractivity contribution in [1.82, 2.24) is 15.5 Å². The number of rotatable bonds is 7. The van der Waals surface area contributed by atoms with Crippen molar-refractivity contribution in [1.29, 1.82) is 0 Å². The molecule has 1 amide bonds. The van der Waals surface area contributed by atoms with Crippen LogP contribution in [0.15, 0.2) is 30.3 Å². The molecule has 0 aliphatic carbocycles. The fourth-order valence-electron chi connectivity index (χ4n) is 2.27. The number of hydrogen-bond donors (Lipinski definition) is 2. The highest BCUT2D eigenvalue weighted by molar-refractivity contribution is 5.92. The highest BCUT2D eigenvalue weighted by Crippen LogP contribution is 2.19. The van der Waals surface area contributed by atoms with Crippen LogP contribution >= 0.6 is 0 Å². The molecule has 2 aromatic rings. The van der Waals surface area contributed by atoms with Gasteiger partial charge in [0.15, 0.2) is 0 Å². The van der Waals surface area contributed by atoms with Crippen LogP contribution in [0.1, 0.15) is 55.0 Å². The van der Waals surface area contributed by atoms with Gasteiger partial charge in [-0.1, -0.05) is 25.5 Å². The molecule has 2 N–H and O–H groups in total. The van der Waals surface area contributed by atoms with Gasteiger partial charge in [-0.15, -0.1) is 0 Å². The van der Waals surface area contributed by atoms with Crippen LogP contribution in [-0.2, 0) is 6.42 Å². The molecule has 0 aliphatic rings. The standard InChI is InChI=1S/C17H23N3O2/c1-4-7-14-11-16(20-19-14)17(21)18-12(3)13-8-6-9-15(10-13)22-5-2/h6,8-12H,4-5,7H2,1-3H3,(H,18,21)(H,19,20). The first kappa shape index (κ1) is 16.1. The summed E-state index contributed by atoms with van der Waals surface area (Å²) in [6.07, 6.45) is 1.91. The molecule has 0 spiro atoms. The summed E-state index contributed by atoms with van der Waals surface area (Å²) in [4.78, 5) is 12.2. The minimum Gasteiger partial charge on any atom is -0.494 e. The Kier molecular flexibility index (Phi) is 5.58. The van der Waals surface area contributed by atoms with E-state index in [4.69, 9.17) is 4.74 Å². The van der Waals surface area contributed by atoms with Crippen LogP contribution in [0.3, 0.4) is 0 Å². The molecule has 5 heteroatoms. The molecular formula is C17H23N3O2. The van der Waals surface area contributed by atoms with E-state index in [0.717, 1.165) is 29.8 Å². The summed E-state index contributed by atoms with van der Waals surface area (Å²) >= 11 is 0. The highest BCUT2D eigenvalue weighted by atomic mass is 16.5. The zero-order chi connectivity index (χ0) is 15.9. The molecule has 1 aromatic heterocycles. The fourth-order valence-corrected chi connectivity index (χ4v) is 2.27. The Labute approximate surface area is 131 Å². The number of amides is 1. The van der Waals surface area contributed by atoms with Crippen molar-refractivity contribution >= 4 is 5.91 Å². The second-order valence-corrected chi connectivity index (χ2v) is 5.23. The maximum atomic E-state index is 12.2. The van der Waals surface area contributed by atoms with E-state index < -0.39 is 0 Å². The lowest BCUT2D eigenvalue weighted by Crippen LogP contribution is -2.27. The van der Waals surface area contributed by atoms with Crippen LogP contribution in [0.4, 0.5) is 0 Å². The smallest absolute Gasteiger partial charge is 0.272 e. The molecular weight excluding hydrogens is 278 g/mol. The number of aryl methyl sites for hydroxylation is 1. The molecule has 2 rings (SSSR count). The number of nitrogens with one attached hydrogen (secondary N) is 2. The third-order valence-corrected chi connectivity index (χ3v) is 3.40. The molecule has 0 saturated heterocycles. The van der Waals surface area contributed by atoms with Crippen molar-refractivity contribution in [3.05, 3.63) is 47.3 Å². The Hall–Kier alpha value is -2.30. The van der Waals surface area contributed by atoms with Gasteiger partial charge in [-0.3, -0.25) is 9.89 Å². The highest BCUT2D eigenvalue weighted by Gasteiger charge is 2.14. The van der Waals surface area contributed by atoms with Gasteiger partial charge in [0, 0.05) is 5.69 Å². The van der Waals surface area contributed by atoms with Gasteiger partial charge in [-0.05, 0) is 44.0 Å². The summed E-state index contributed by atoms with van der Waals surface area (Å²) < 4.78 is 5.49. The fraction of sp³-hybridized carbons (Fsp3) is 0.412. The van der Waals surface area contributed by atoms with Crippen molar-refractivity contribution in [2.24, 2.45) is 0 Å². The third-order valence-electron chi connectivity index (χ3n) is 3.40. The normalized spacial score (nSPS) is 12.0. The number of aromatic nitrogens is 2. The summed E-state index contributed by atoms with van der Waals surface area (Å²) in [6, 6.07) is 9.45. The minimum absolute atomic E-state index is 0.112. The maximum absolute atomic E-state index is 12.2. The number of nitrogens with zero attached hydrogens (tertiary/aromatic N) is 1. The first-order valence-corrected chi connectivity index (χ1v) is 7.72. The van der Waals surface area contributed by atoms with E-state index in [9.17, 15) is 4.79 Å². The average molecular weight is 301 g/mol. The lowest BCUT2D eigenvalue weighted by atomic mass is 10.1. The first-order valence-electron chi connectivity index (χ1n) is 7.72. The average Bonchev–Trinajstić information content (AvgIpc) is 2.97. The van der Waals surface area contributed by atoms with Gasteiger partial charge in [-0.2, -0.15) is 5.10 Å². The monoisotopic (exact) mass is 301 g/mol. The van der Waals surface area contributed by atoms with E-state index >= 15 is 0 Å². The van der Waals surface area contributed by atoms with Gasteiger partial charge >= 0.3 is 0 Å². The molecule has 1 aromatic carbocycles. The molecule has 0 bridgehead atoms. The van der Waals surface area contributed by atoms with Crippen molar-refractivity contribution in [3.63, 3.8) is 0 Å². The van der Waals surface area contributed by atoms with Crippen molar-refractivity contribution in [3.8, 4) is 5.75 Å². The molecule has 118 valence electrons. The van der Waals surface area contributed by atoms with Crippen LogP contribution in [-0.4, -0.2) is 22.7 Å². The van der Waals surface area contributed by atoms with Crippen LogP contribution < -0.4 is 10.1 Å². The van der Waals surface area contributed by atoms with Crippen molar-refractivity contribution < 1.29 is 9.53 Å². The van der Waals surface area contributed by atoms with Crippen LogP contribution in [0, 0.1) is 0 Å². The van der Waals surface area contributed by atoms with E-state index in [1.807, 2.05) is 44.2 Å². The quantitative estimate of drug-likeness (QED) is 0.825. The number of aromatic amines is 1. The molecule has 1 heterocycles. The molecule has 1 atom stereocenters. The van der Waals surface area contributed by atoms with Crippen molar-refractivity contribution in [2.45, 2.75) is 39.7 Å². The number of benzene rings is 1. The Morgan fingerprint density at radius 1 is 1.36 bits per heavy atom. The first-order chi connectivity index (χ1) is 10.6.